The van der Waals surface area contributed by atoms with Crippen molar-refractivity contribution >= 4 is 34.1 Å². The fourth-order valence-corrected chi connectivity index (χ4v) is 2.71. The van der Waals surface area contributed by atoms with Gasteiger partial charge in [0.05, 0.1) is 17.5 Å². The Hall–Kier alpha value is -2.99. The van der Waals surface area contributed by atoms with E-state index in [9.17, 15) is 14.4 Å². The number of nitrogens with one attached hydrogen (secondary N) is 1. The van der Waals surface area contributed by atoms with Gasteiger partial charge in [0.15, 0.2) is 6.10 Å². The fraction of sp³-hybridized carbons (Fsp3) is 0.158. The fourth-order valence-electron chi connectivity index (χ4n) is 2.58. The van der Waals surface area contributed by atoms with Gasteiger partial charge < -0.3 is 4.74 Å². The third-order valence-corrected chi connectivity index (χ3v) is 4.14. The molecule has 7 heteroatoms. The Morgan fingerprint density at radius 2 is 1.77 bits per heavy atom. The molecule has 3 rings (SSSR count). The summed E-state index contributed by atoms with van der Waals surface area (Å²) in [5.41, 5.74) is 0.461. The van der Waals surface area contributed by atoms with E-state index in [1.807, 2.05) is 0 Å². The Morgan fingerprint density at radius 3 is 2.46 bits per heavy atom. The van der Waals surface area contributed by atoms with Gasteiger partial charge in [0, 0.05) is 16.0 Å². The largest absolute Gasteiger partial charge is 0.454 e. The monoisotopic (exact) mass is 370 g/mol. The molecule has 1 atom stereocenters. The SMILES string of the molecule is C[C@@H](OC(=O)Cc1n[nH]c(=O)c2ccccc12)C(=O)c1ccc(Cl)cc1. The molecule has 0 aliphatic carbocycles. The van der Waals surface area contributed by atoms with Crippen molar-refractivity contribution in [2.24, 2.45) is 0 Å². The number of hydrogen-bond acceptors (Lipinski definition) is 5. The first-order chi connectivity index (χ1) is 12.5. The lowest BCUT2D eigenvalue weighted by Crippen LogP contribution is -2.25. The summed E-state index contributed by atoms with van der Waals surface area (Å²) in [4.78, 5) is 36.3. The number of carbonyl (C=O) groups is 2. The van der Waals surface area contributed by atoms with Crippen LogP contribution in [0.4, 0.5) is 0 Å². The molecule has 0 saturated carbocycles. The van der Waals surface area contributed by atoms with E-state index >= 15 is 0 Å². The summed E-state index contributed by atoms with van der Waals surface area (Å²) in [5.74, 6) is -0.932. The number of carbonyl (C=O) groups excluding carboxylic acids is 2. The number of aromatic nitrogens is 2. The molecule has 6 nitrogen and oxygen atoms in total. The molecule has 0 fully saturated rings. The normalized spacial score (nSPS) is 11.9. The molecule has 1 heterocycles. The maximum absolute atomic E-state index is 12.3. The van der Waals surface area contributed by atoms with Crippen LogP contribution in [0.3, 0.4) is 0 Å². The van der Waals surface area contributed by atoms with Crippen molar-refractivity contribution in [2.75, 3.05) is 0 Å². The quantitative estimate of drug-likeness (QED) is 0.551. The molecular formula is C19H15ClN2O4. The zero-order valence-corrected chi connectivity index (χ0v) is 14.6. The van der Waals surface area contributed by atoms with E-state index in [0.29, 0.717) is 27.1 Å². The number of hydrogen-bond donors (Lipinski definition) is 1. The van der Waals surface area contributed by atoms with E-state index in [1.165, 1.54) is 6.92 Å². The van der Waals surface area contributed by atoms with Gasteiger partial charge in [0.1, 0.15) is 0 Å². The minimum atomic E-state index is -0.947. The molecule has 0 amide bonds. The summed E-state index contributed by atoms with van der Waals surface area (Å²) in [6.07, 6.45) is -1.10. The van der Waals surface area contributed by atoms with Crippen molar-refractivity contribution < 1.29 is 14.3 Å². The van der Waals surface area contributed by atoms with Crippen molar-refractivity contribution in [3.63, 3.8) is 0 Å². The number of aromatic amines is 1. The molecule has 1 aromatic heterocycles. The summed E-state index contributed by atoms with van der Waals surface area (Å²) in [7, 11) is 0. The van der Waals surface area contributed by atoms with Crippen molar-refractivity contribution in [3.8, 4) is 0 Å². The predicted octanol–water partition coefficient (Wildman–Crippen LogP) is 2.93. The summed E-state index contributed by atoms with van der Waals surface area (Å²) < 4.78 is 5.23. The number of esters is 1. The van der Waals surface area contributed by atoms with E-state index in [1.54, 1.807) is 48.5 Å². The highest BCUT2D eigenvalue weighted by Crippen LogP contribution is 2.15. The number of ether oxygens (including phenoxy) is 1. The smallest absolute Gasteiger partial charge is 0.312 e. The Bertz CT molecular complexity index is 1030. The van der Waals surface area contributed by atoms with E-state index < -0.39 is 12.1 Å². The maximum Gasteiger partial charge on any atom is 0.312 e. The summed E-state index contributed by atoms with van der Waals surface area (Å²) in [6.45, 7) is 1.51. The average Bonchev–Trinajstić information content (AvgIpc) is 2.64. The van der Waals surface area contributed by atoms with Gasteiger partial charge in [0.25, 0.3) is 5.56 Å². The maximum atomic E-state index is 12.3. The average molecular weight is 371 g/mol. The summed E-state index contributed by atoms with van der Waals surface area (Å²) >= 11 is 5.80. The molecule has 0 radical (unpaired) electrons. The van der Waals surface area contributed by atoms with Gasteiger partial charge in [-0.05, 0) is 37.3 Å². The number of nitrogens with zero attached hydrogens (tertiary/aromatic N) is 1. The Kier molecular flexibility index (Phi) is 5.14. The van der Waals surface area contributed by atoms with Crippen LogP contribution in [0.25, 0.3) is 10.8 Å². The molecule has 0 aliphatic heterocycles. The molecule has 132 valence electrons. The molecule has 3 aromatic rings. The number of H-pyrrole nitrogens is 1. The van der Waals surface area contributed by atoms with Crippen LogP contribution in [0.15, 0.2) is 53.3 Å². The molecule has 0 spiro atoms. The van der Waals surface area contributed by atoms with Crippen LogP contribution in [0.5, 0.6) is 0 Å². The van der Waals surface area contributed by atoms with Gasteiger partial charge >= 0.3 is 5.97 Å². The lowest BCUT2D eigenvalue weighted by atomic mass is 10.1. The van der Waals surface area contributed by atoms with E-state index in [4.69, 9.17) is 16.3 Å². The highest BCUT2D eigenvalue weighted by molar-refractivity contribution is 6.30. The van der Waals surface area contributed by atoms with E-state index in [0.717, 1.165) is 0 Å². The lowest BCUT2D eigenvalue weighted by Gasteiger charge is -2.12. The predicted molar refractivity (Wildman–Crippen MR) is 97.4 cm³/mol. The van der Waals surface area contributed by atoms with Gasteiger partial charge in [-0.15, -0.1) is 0 Å². The number of ketones is 1. The molecule has 1 N–H and O–H groups in total. The van der Waals surface area contributed by atoms with Crippen molar-refractivity contribution in [1.29, 1.82) is 0 Å². The molecule has 0 saturated heterocycles. The topological polar surface area (TPSA) is 89.1 Å². The van der Waals surface area contributed by atoms with Crippen LogP contribution >= 0.6 is 11.6 Å². The first-order valence-electron chi connectivity index (χ1n) is 7.91. The highest BCUT2D eigenvalue weighted by atomic mass is 35.5. The standard InChI is InChI=1S/C19H15ClN2O4/c1-11(18(24)12-6-8-13(20)9-7-12)26-17(23)10-16-14-4-2-3-5-15(14)19(25)22-21-16/h2-9,11H,10H2,1H3,(H,22,25)/t11-/m1/s1. The molecule has 26 heavy (non-hydrogen) atoms. The van der Waals surface area contributed by atoms with Crippen LogP contribution in [0.2, 0.25) is 5.02 Å². The number of benzene rings is 2. The zero-order valence-electron chi connectivity index (χ0n) is 13.9. The number of rotatable bonds is 5. The zero-order chi connectivity index (χ0) is 18.7. The van der Waals surface area contributed by atoms with Crippen LogP contribution in [0.1, 0.15) is 23.0 Å². The third-order valence-electron chi connectivity index (χ3n) is 3.89. The lowest BCUT2D eigenvalue weighted by molar-refractivity contribution is -0.145. The highest BCUT2D eigenvalue weighted by Gasteiger charge is 2.20. The van der Waals surface area contributed by atoms with Crippen molar-refractivity contribution in [1.82, 2.24) is 10.2 Å². The third kappa shape index (κ3) is 3.81. The number of fused-ring (bicyclic) bond motifs is 1. The van der Waals surface area contributed by atoms with E-state index in [-0.39, 0.29) is 17.8 Å². The molecular weight excluding hydrogens is 356 g/mol. The number of halogens is 1. The van der Waals surface area contributed by atoms with Gasteiger partial charge in [0.2, 0.25) is 5.78 Å². The molecule has 0 unspecified atom stereocenters. The van der Waals surface area contributed by atoms with E-state index in [2.05, 4.69) is 10.2 Å². The second-order valence-electron chi connectivity index (χ2n) is 5.73. The van der Waals surface area contributed by atoms with Crippen LogP contribution in [-0.2, 0) is 16.0 Å². The van der Waals surface area contributed by atoms with Crippen LogP contribution in [0, 0.1) is 0 Å². The van der Waals surface area contributed by atoms with Crippen LogP contribution in [-0.4, -0.2) is 28.1 Å². The Balaban J connectivity index is 1.73. The van der Waals surface area contributed by atoms with Gasteiger partial charge in [-0.2, -0.15) is 5.10 Å². The first-order valence-corrected chi connectivity index (χ1v) is 8.29. The Labute approximate surface area is 153 Å². The molecule has 2 aromatic carbocycles. The summed E-state index contributed by atoms with van der Waals surface area (Å²) in [6, 6.07) is 13.2. The Morgan fingerprint density at radius 1 is 1.12 bits per heavy atom. The van der Waals surface area contributed by atoms with Gasteiger partial charge in [-0.25, -0.2) is 5.10 Å². The second-order valence-corrected chi connectivity index (χ2v) is 6.16. The minimum Gasteiger partial charge on any atom is -0.454 e. The first kappa shape index (κ1) is 17.8. The molecule has 0 aliphatic rings. The van der Waals surface area contributed by atoms with Crippen LogP contribution < -0.4 is 5.56 Å². The van der Waals surface area contributed by atoms with Crippen molar-refractivity contribution in [3.05, 3.63) is 75.2 Å². The minimum absolute atomic E-state index is 0.157. The van der Waals surface area contributed by atoms with Crippen molar-refractivity contribution in [2.45, 2.75) is 19.4 Å². The van der Waals surface area contributed by atoms with Gasteiger partial charge in [-0.1, -0.05) is 29.8 Å². The van der Waals surface area contributed by atoms with Gasteiger partial charge in [-0.3, -0.25) is 14.4 Å². The second kappa shape index (κ2) is 7.49. The molecule has 0 bridgehead atoms. The summed E-state index contributed by atoms with van der Waals surface area (Å²) in [5, 5.41) is 7.82. The number of Topliss-reactive ketones (excluding diaryl/α,β-unsaturated/α-hetero) is 1.